The minimum absolute atomic E-state index is 0.0795. The van der Waals surface area contributed by atoms with Crippen molar-refractivity contribution in [2.75, 3.05) is 6.54 Å². The van der Waals surface area contributed by atoms with Crippen LogP contribution in [0.5, 0.6) is 0 Å². The highest BCUT2D eigenvalue weighted by atomic mass is 19.4. The van der Waals surface area contributed by atoms with Gasteiger partial charge in [0, 0.05) is 18.5 Å². The molecule has 1 N–H and O–H groups in total. The molecule has 15 heavy (non-hydrogen) atoms. The van der Waals surface area contributed by atoms with Crippen molar-refractivity contribution >= 4 is 6.29 Å². The van der Waals surface area contributed by atoms with Crippen molar-refractivity contribution in [3.8, 4) is 0 Å². The molecule has 2 nitrogen and oxygen atoms in total. The van der Waals surface area contributed by atoms with Crippen LogP contribution in [-0.2, 0) is 4.79 Å². The Labute approximate surface area is 86.2 Å². The van der Waals surface area contributed by atoms with E-state index < -0.39 is 12.1 Å². The van der Waals surface area contributed by atoms with Crippen LogP contribution in [0.4, 0.5) is 13.2 Å². The Hall–Kier alpha value is -0.580. The van der Waals surface area contributed by atoms with Gasteiger partial charge in [-0.15, -0.1) is 0 Å². The van der Waals surface area contributed by atoms with Gasteiger partial charge in [-0.25, -0.2) is 0 Å². The molecular weight excluding hydrogens is 207 g/mol. The smallest absolute Gasteiger partial charge is 0.313 e. The van der Waals surface area contributed by atoms with Crippen LogP contribution in [0.15, 0.2) is 0 Å². The van der Waals surface area contributed by atoms with E-state index in [9.17, 15) is 18.0 Å². The van der Waals surface area contributed by atoms with Gasteiger partial charge >= 0.3 is 6.18 Å². The second-order valence-electron chi connectivity index (χ2n) is 4.53. The number of alkyl halides is 3. The van der Waals surface area contributed by atoms with Crippen LogP contribution in [0.3, 0.4) is 0 Å². The molecule has 4 atom stereocenters. The highest BCUT2D eigenvalue weighted by Gasteiger charge is 2.48. The van der Waals surface area contributed by atoms with Gasteiger partial charge in [0.05, 0.1) is 5.92 Å². The molecule has 0 spiro atoms. The molecule has 0 aromatic heterocycles. The molecule has 2 aliphatic rings. The van der Waals surface area contributed by atoms with Crippen molar-refractivity contribution in [3.05, 3.63) is 0 Å². The monoisotopic (exact) mass is 221 g/mol. The summed E-state index contributed by atoms with van der Waals surface area (Å²) in [7, 11) is 0. The highest BCUT2D eigenvalue weighted by molar-refractivity contribution is 5.55. The van der Waals surface area contributed by atoms with Crippen molar-refractivity contribution in [1.29, 1.82) is 0 Å². The van der Waals surface area contributed by atoms with Gasteiger partial charge < -0.3 is 10.1 Å². The van der Waals surface area contributed by atoms with Gasteiger partial charge in [-0.1, -0.05) is 0 Å². The van der Waals surface area contributed by atoms with Crippen molar-refractivity contribution in [1.82, 2.24) is 5.32 Å². The minimum atomic E-state index is -4.08. The van der Waals surface area contributed by atoms with Gasteiger partial charge in [0.15, 0.2) is 0 Å². The third-order valence-corrected chi connectivity index (χ3v) is 3.71. The molecule has 0 aromatic carbocycles. The maximum Gasteiger partial charge on any atom is 0.391 e. The Bertz CT molecular complexity index is 254. The molecule has 0 bridgehead atoms. The number of hydrogen-bond donors (Lipinski definition) is 1. The number of carbonyl (C=O) groups excluding carboxylic acids is 1. The van der Waals surface area contributed by atoms with E-state index in [4.69, 9.17) is 0 Å². The third kappa shape index (κ3) is 2.02. The topological polar surface area (TPSA) is 29.1 Å². The summed E-state index contributed by atoms with van der Waals surface area (Å²) in [4.78, 5) is 10.7. The summed E-state index contributed by atoms with van der Waals surface area (Å²) in [5.74, 6) is -1.14. The SMILES string of the molecule is O=CC1CNC2CC(C(F)(F)F)CCC12. The molecule has 0 radical (unpaired) electrons. The number of hydrogen-bond acceptors (Lipinski definition) is 2. The summed E-state index contributed by atoms with van der Waals surface area (Å²) in [6.07, 6.45) is -2.36. The zero-order chi connectivity index (χ0) is 11.1. The molecule has 5 heteroatoms. The number of aldehydes is 1. The third-order valence-electron chi connectivity index (χ3n) is 3.71. The Morgan fingerprint density at radius 3 is 2.60 bits per heavy atom. The fourth-order valence-corrected chi connectivity index (χ4v) is 2.83. The molecule has 1 saturated heterocycles. The molecule has 1 saturated carbocycles. The Balaban J connectivity index is 2.01. The summed E-state index contributed by atoms with van der Waals surface area (Å²) in [5.41, 5.74) is 0. The van der Waals surface area contributed by atoms with E-state index in [-0.39, 0.29) is 30.7 Å². The summed E-state index contributed by atoms with van der Waals surface area (Å²) in [6, 6.07) is -0.111. The molecule has 1 aliphatic carbocycles. The Kier molecular flexibility index (Phi) is 2.75. The van der Waals surface area contributed by atoms with Gasteiger partial charge in [-0.2, -0.15) is 13.2 Å². The average Bonchev–Trinajstić information content (AvgIpc) is 2.58. The lowest BCUT2D eigenvalue weighted by Gasteiger charge is -2.33. The minimum Gasteiger partial charge on any atom is -0.313 e. The largest absolute Gasteiger partial charge is 0.391 e. The second-order valence-corrected chi connectivity index (χ2v) is 4.53. The molecular formula is C10H14F3NO. The highest BCUT2D eigenvalue weighted by Crippen LogP contribution is 2.43. The molecule has 86 valence electrons. The average molecular weight is 221 g/mol. The molecule has 1 aliphatic heterocycles. The first-order chi connectivity index (χ1) is 7.02. The zero-order valence-corrected chi connectivity index (χ0v) is 8.26. The van der Waals surface area contributed by atoms with Crippen LogP contribution in [0.2, 0.25) is 0 Å². The van der Waals surface area contributed by atoms with Gasteiger partial charge in [-0.05, 0) is 25.2 Å². The second kappa shape index (κ2) is 3.77. The van der Waals surface area contributed by atoms with E-state index in [1.165, 1.54) is 0 Å². The quantitative estimate of drug-likeness (QED) is 0.683. The van der Waals surface area contributed by atoms with Crippen molar-refractivity contribution in [2.45, 2.75) is 31.5 Å². The number of rotatable bonds is 1. The van der Waals surface area contributed by atoms with Crippen LogP contribution in [0.1, 0.15) is 19.3 Å². The number of fused-ring (bicyclic) bond motifs is 1. The predicted molar refractivity (Wildman–Crippen MR) is 48.2 cm³/mol. The standard InChI is InChI=1S/C10H14F3NO/c11-10(12,13)7-1-2-8-6(5-15)4-14-9(8)3-7/h5-9,14H,1-4H2. The number of carbonyl (C=O) groups is 1. The summed E-state index contributed by atoms with van der Waals surface area (Å²) < 4.78 is 37.4. The molecule has 0 aromatic rings. The maximum atomic E-state index is 12.5. The van der Waals surface area contributed by atoms with E-state index in [1.807, 2.05) is 0 Å². The van der Waals surface area contributed by atoms with E-state index in [1.54, 1.807) is 0 Å². The van der Waals surface area contributed by atoms with Gasteiger partial charge in [-0.3, -0.25) is 0 Å². The van der Waals surface area contributed by atoms with E-state index in [0.29, 0.717) is 13.0 Å². The fourth-order valence-electron chi connectivity index (χ4n) is 2.83. The first-order valence-corrected chi connectivity index (χ1v) is 5.27. The van der Waals surface area contributed by atoms with Gasteiger partial charge in [0.25, 0.3) is 0 Å². The zero-order valence-electron chi connectivity index (χ0n) is 8.26. The number of halogens is 3. The fraction of sp³-hybridized carbons (Fsp3) is 0.900. The molecule has 1 heterocycles. The van der Waals surface area contributed by atoms with Crippen LogP contribution in [0, 0.1) is 17.8 Å². The number of nitrogens with one attached hydrogen (secondary N) is 1. The van der Waals surface area contributed by atoms with Crippen LogP contribution >= 0.6 is 0 Å². The normalized spacial score (nSPS) is 41.3. The Morgan fingerprint density at radius 2 is 2.00 bits per heavy atom. The lowest BCUT2D eigenvalue weighted by atomic mass is 9.75. The van der Waals surface area contributed by atoms with Gasteiger partial charge in [0.2, 0.25) is 0 Å². The summed E-state index contributed by atoms with van der Waals surface area (Å²) in [6.45, 7) is 0.545. The summed E-state index contributed by atoms with van der Waals surface area (Å²) >= 11 is 0. The first-order valence-electron chi connectivity index (χ1n) is 5.27. The lowest BCUT2D eigenvalue weighted by molar-refractivity contribution is -0.185. The van der Waals surface area contributed by atoms with Crippen LogP contribution < -0.4 is 5.32 Å². The van der Waals surface area contributed by atoms with Crippen molar-refractivity contribution < 1.29 is 18.0 Å². The van der Waals surface area contributed by atoms with Crippen LogP contribution in [-0.4, -0.2) is 25.0 Å². The first kappa shape index (κ1) is 10.9. The molecule has 4 unspecified atom stereocenters. The van der Waals surface area contributed by atoms with E-state index in [2.05, 4.69) is 5.32 Å². The van der Waals surface area contributed by atoms with E-state index in [0.717, 1.165) is 6.29 Å². The van der Waals surface area contributed by atoms with Crippen molar-refractivity contribution in [2.24, 2.45) is 17.8 Å². The maximum absolute atomic E-state index is 12.5. The molecule has 2 rings (SSSR count). The van der Waals surface area contributed by atoms with Crippen LogP contribution in [0.25, 0.3) is 0 Å². The molecule has 2 fully saturated rings. The van der Waals surface area contributed by atoms with Crippen molar-refractivity contribution in [3.63, 3.8) is 0 Å². The molecule has 0 amide bonds. The van der Waals surface area contributed by atoms with E-state index >= 15 is 0 Å². The Morgan fingerprint density at radius 1 is 1.27 bits per heavy atom. The summed E-state index contributed by atoms with van der Waals surface area (Å²) in [5, 5.41) is 3.03. The lowest BCUT2D eigenvalue weighted by Crippen LogP contribution is -2.39. The van der Waals surface area contributed by atoms with Gasteiger partial charge in [0.1, 0.15) is 6.29 Å². The predicted octanol–water partition coefficient (Wildman–Crippen LogP) is 1.75.